The summed E-state index contributed by atoms with van der Waals surface area (Å²) in [5, 5.41) is 0. The van der Waals surface area contributed by atoms with Crippen LogP contribution in [0.3, 0.4) is 0 Å². The van der Waals surface area contributed by atoms with Gasteiger partial charge in [-0.2, -0.15) is 13.2 Å². The fourth-order valence-electron chi connectivity index (χ4n) is 1.12. The van der Waals surface area contributed by atoms with Crippen LogP contribution in [0.2, 0.25) is 0 Å². The summed E-state index contributed by atoms with van der Waals surface area (Å²) in [6, 6.07) is 0. The van der Waals surface area contributed by atoms with Crippen molar-refractivity contribution < 1.29 is 26.3 Å². The van der Waals surface area contributed by atoms with Gasteiger partial charge in [0.15, 0.2) is 0 Å². The second-order valence-corrected chi connectivity index (χ2v) is 2.85. The monoisotopic (exact) mass is 244 g/mol. The second-order valence-electron chi connectivity index (χ2n) is 2.85. The molecule has 0 aliphatic heterocycles. The third-order valence-corrected chi connectivity index (χ3v) is 1.85. The third kappa shape index (κ3) is 2.26. The van der Waals surface area contributed by atoms with Crippen molar-refractivity contribution in [2.45, 2.75) is 19.1 Å². The molecule has 1 rings (SSSR count). The Bertz CT molecular complexity index is 387. The highest BCUT2D eigenvalue weighted by Crippen LogP contribution is 2.35. The number of halogens is 6. The Labute approximate surface area is 86.1 Å². The second kappa shape index (κ2) is 4.28. The van der Waals surface area contributed by atoms with E-state index in [2.05, 4.69) is 4.98 Å². The van der Waals surface area contributed by atoms with Crippen molar-refractivity contribution in [2.24, 2.45) is 5.73 Å². The van der Waals surface area contributed by atoms with E-state index in [4.69, 9.17) is 5.73 Å². The number of nitrogens with two attached hydrogens (primary N) is 1. The van der Waals surface area contributed by atoms with Crippen molar-refractivity contribution in [2.75, 3.05) is 0 Å². The van der Waals surface area contributed by atoms with Crippen LogP contribution in [-0.4, -0.2) is 4.98 Å². The van der Waals surface area contributed by atoms with Gasteiger partial charge in [-0.25, -0.2) is 13.2 Å². The molecule has 0 bridgehead atoms. The summed E-state index contributed by atoms with van der Waals surface area (Å²) in [7, 11) is 0. The van der Waals surface area contributed by atoms with Gasteiger partial charge in [0.2, 0.25) is 0 Å². The molecule has 0 unspecified atom stereocenters. The fraction of sp³-hybridized carbons (Fsp3) is 0.375. The molecule has 0 aliphatic rings. The number of aromatic nitrogens is 1. The lowest BCUT2D eigenvalue weighted by Crippen LogP contribution is -2.15. The predicted molar refractivity (Wildman–Crippen MR) is 42.0 cm³/mol. The van der Waals surface area contributed by atoms with Crippen molar-refractivity contribution in [1.82, 2.24) is 4.98 Å². The molecule has 16 heavy (non-hydrogen) atoms. The molecule has 0 amide bonds. The molecular weight excluding hydrogens is 238 g/mol. The van der Waals surface area contributed by atoms with E-state index in [-0.39, 0.29) is 6.20 Å². The van der Waals surface area contributed by atoms with Gasteiger partial charge in [0.05, 0.1) is 11.3 Å². The third-order valence-electron chi connectivity index (χ3n) is 1.85. The smallest absolute Gasteiger partial charge is 0.325 e. The normalized spacial score (nSPS) is 12.2. The Balaban J connectivity index is 3.44. The van der Waals surface area contributed by atoms with Crippen LogP contribution in [0, 0.1) is 5.82 Å². The Morgan fingerprint density at radius 2 is 1.88 bits per heavy atom. The van der Waals surface area contributed by atoms with Crippen LogP contribution in [0.1, 0.15) is 23.2 Å². The van der Waals surface area contributed by atoms with Crippen LogP contribution in [0.15, 0.2) is 6.20 Å². The van der Waals surface area contributed by atoms with Crippen LogP contribution in [0.5, 0.6) is 0 Å². The lowest BCUT2D eigenvalue weighted by molar-refractivity contribution is -0.140. The van der Waals surface area contributed by atoms with E-state index in [9.17, 15) is 26.3 Å². The average molecular weight is 244 g/mol. The van der Waals surface area contributed by atoms with Gasteiger partial charge >= 0.3 is 6.18 Å². The molecule has 1 aromatic rings. The minimum atomic E-state index is -5.06. The maximum absolute atomic E-state index is 13.2. The first-order valence-corrected chi connectivity index (χ1v) is 4.01. The topological polar surface area (TPSA) is 38.9 Å². The minimum absolute atomic E-state index is 0.156. The average Bonchev–Trinajstić information content (AvgIpc) is 2.14. The molecule has 0 aromatic carbocycles. The summed E-state index contributed by atoms with van der Waals surface area (Å²) in [5.74, 6) is -2.02. The maximum atomic E-state index is 13.2. The van der Waals surface area contributed by atoms with Crippen molar-refractivity contribution in [3.05, 3.63) is 28.8 Å². The van der Waals surface area contributed by atoms with Gasteiger partial charge in [-0.15, -0.1) is 0 Å². The van der Waals surface area contributed by atoms with E-state index in [0.29, 0.717) is 0 Å². The zero-order valence-electron chi connectivity index (χ0n) is 7.65. The van der Waals surface area contributed by atoms with Crippen LogP contribution in [0.25, 0.3) is 0 Å². The van der Waals surface area contributed by atoms with Crippen molar-refractivity contribution in [3.63, 3.8) is 0 Å². The van der Waals surface area contributed by atoms with E-state index in [1.54, 1.807) is 0 Å². The Morgan fingerprint density at radius 3 is 2.25 bits per heavy atom. The van der Waals surface area contributed by atoms with Gasteiger partial charge in [-0.3, -0.25) is 4.98 Å². The highest BCUT2D eigenvalue weighted by Gasteiger charge is 2.37. The summed E-state index contributed by atoms with van der Waals surface area (Å²) >= 11 is 0. The summed E-state index contributed by atoms with van der Waals surface area (Å²) in [4.78, 5) is 3.08. The molecule has 90 valence electrons. The molecule has 0 saturated carbocycles. The Hall–Kier alpha value is -1.31. The fourth-order valence-corrected chi connectivity index (χ4v) is 1.12. The number of alkyl halides is 5. The highest BCUT2D eigenvalue weighted by molar-refractivity contribution is 5.30. The van der Waals surface area contributed by atoms with Crippen molar-refractivity contribution in [3.8, 4) is 0 Å². The summed E-state index contributed by atoms with van der Waals surface area (Å²) < 4.78 is 74.4. The first-order chi connectivity index (χ1) is 7.29. The molecule has 2 N–H and O–H groups in total. The van der Waals surface area contributed by atoms with Gasteiger partial charge in [0.1, 0.15) is 11.4 Å². The van der Waals surface area contributed by atoms with E-state index >= 15 is 0 Å². The number of pyridine rings is 1. The molecular formula is C8H6F6N2. The quantitative estimate of drug-likeness (QED) is 0.812. The van der Waals surface area contributed by atoms with Gasteiger partial charge < -0.3 is 5.73 Å². The Morgan fingerprint density at radius 1 is 1.31 bits per heavy atom. The predicted octanol–water partition coefficient (Wildman–Crippen LogP) is 2.64. The summed E-state index contributed by atoms with van der Waals surface area (Å²) in [5.41, 5.74) is 1.18. The SMILES string of the molecule is NCc1ncc(C(F)(F)F)c(F)c1C(F)F. The standard InChI is InChI=1S/C8H6F6N2/c9-6-3(8(12,13)14)2-16-4(1-15)5(6)7(10)11/h2,7H,1,15H2. The number of nitrogens with zero attached hydrogens (tertiary/aromatic N) is 1. The summed E-state index contributed by atoms with van der Waals surface area (Å²) in [6.45, 7) is -0.561. The van der Waals surface area contributed by atoms with Gasteiger partial charge in [0.25, 0.3) is 6.43 Å². The Kier molecular flexibility index (Phi) is 3.41. The number of rotatable bonds is 2. The molecule has 0 spiro atoms. The maximum Gasteiger partial charge on any atom is 0.420 e. The molecule has 0 saturated heterocycles. The zero-order chi connectivity index (χ0) is 12.5. The van der Waals surface area contributed by atoms with Crippen molar-refractivity contribution >= 4 is 0 Å². The van der Waals surface area contributed by atoms with Crippen molar-refractivity contribution in [1.29, 1.82) is 0 Å². The van der Waals surface area contributed by atoms with E-state index in [1.165, 1.54) is 0 Å². The molecule has 0 aliphatic carbocycles. The van der Waals surface area contributed by atoms with E-state index < -0.39 is 41.8 Å². The molecule has 0 atom stereocenters. The number of hydrogen-bond acceptors (Lipinski definition) is 2. The minimum Gasteiger partial charge on any atom is -0.325 e. The summed E-state index contributed by atoms with van der Waals surface area (Å²) in [6.07, 6.45) is -8.30. The van der Waals surface area contributed by atoms with Gasteiger partial charge in [-0.05, 0) is 0 Å². The van der Waals surface area contributed by atoms with E-state index in [1.807, 2.05) is 0 Å². The van der Waals surface area contributed by atoms with Crippen LogP contribution in [-0.2, 0) is 12.7 Å². The lowest BCUT2D eigenvalue weighted by Gasteiger charge is -2.13. The van der Waals surface area contributed by atoms with Crippen LogP contribution < -0.4 is 5.73 Å². The molecule has 0 radical (unpaired) electrons. The van der Waals surface area contributed by atoms with Crippen LogP contribution >= 0.6 is 0 Å². The number of hydrogen-bond donors (Lipinski definition) is 1. The largest absolute Gasteiger partial charge is 0.420 e. The molecule has 8 heteroatoms. The van der Waals surface area contributed by atoms with Crippen LogP contribution in [0.4, 0.5) is 26.3 Å². The first kappa shape index (κ1) is 12.8. The zero-order valence-corrected chi connectivity index (χ0v) is 7.65. The molecule has 1 aromatic heterocycles. The highest BCUT2D eigenvalue weighted by atomic mass is 19.4. The van der Waals surface area contributed by atoms with E-state index in [0.717, 1.165) is 0 Å². The molecule has 0 fully saturated rings. The van der Waals surface area contributed by atoms with Gasteiger partial charge in [-0.1, -0.05) is 0 Å². The lowest BCUT2D eigenvalue weighted by atomic mass is 10.1. The first-order valence-electron chi connectivity index (χ1n) is 4.01. The molecule has 1 heterocycles. The van der Waals surface area contributed by atoms with Gasteiger partial charge in [0, 0.05) is 12.7 Å². The molecule has 2 nitrogen and oxygen atoms in total.